The summed E-state index contributed by atoms with van der Waals surface area (Å²) in [7, 11) is 0. The first-order valence-electron chi connectivity index (χ1n) is 6.07. The van der Waals surface area contributed by atoms with Crippen molar-refractivity contribution in [2.24, 2.45) is 0 Å². The van der Waals surface area contributed by atoms with Gasteiger partial charge in [0, 0.05) is 31.4 Å². The van der Waals surface area contributed by atoms with Gasteiger partial charge in [0.25, 0.3) is 0 Å². The van der Waals surface area contributed by atoms with Crippen molar-refractivity contribution in [2.45, 2.75) is 26.3 Å². The van der Waals surface area contributed by atoms with Gasteiger partial charge in [0.1, 0.15) is 5.82 Å². The van der Waals surface area contributed by atoms with E-state index in [2.05, 4.69) is 5.32 Å². The molecule has 0 aliphatic carbocycles. The van der Waals surface area contributed by atoms with Gasteiger partial charge in [-0.3, -0.25) is 0 Å². The summed E-state index contributed by atoms with van der Waals surface area (Å²) in [5.74, 6) is -2.92. The number of halogens is 3. The van der Waals surface area contributed by atoms with Crippen LogP contribution in [0.15, 0.2) is 12.1 Å². The Kier molecular flexibility index (Phi) is 6.75. The molecular weight excluding hydrogens is 243 g/mol. The van der Waals surface area contributed by atoms with Crippen LogP contribution in [-0.2, 0) is 11.3 Å². The Balaban J connectivity index is 2.25. The second-order valence-corrected chi connectivity index (χ2v) is 4.00. The molecule has 0 amide bonds. The predicted octanol–water partition coefficient (Wildman–Crippen LogP) is 3.01. The van der Waals surface area contributed by atoms with E-state index in [0.717, 1.165) is 25.5 Å². The van der Waals surface area contributed by atoms with Gasteiger partial charge in [-0.25, -0.2) is 13.2 Å². The summed E-state index contributed by atoms with van der Waals surface area (Å²) < 4.78 is 44.1. The smallest absolute Gasteiger partial charge is 0.161 e. The molecule has 1 aromatic carbocycles. The van der Waals surface area contributed by atoms with Gasteiger partial charge in [-0.2, -0.15) is 0 Å². The van der Waals surface area contributed by atoms with Crippen molar-refractivity contribution in [1.29, 1.82) is 0 Å². The van der Waals surface area contributed by atoms with Gasteiger partial charge in [0.05, 0.1) is 0 Å². The van der Waals surface area contributed by atoms with E-state index in [1.165, 1.54) is 0 Å². The maximum atomic E-state index is 13.2. The zero-order valence-corrected chi connectivity index (χ0v) is 10.4. The summed E-state index contributed by atoms with van der Waals surface area (Å²) in [6, 6.07) is 1.45. The Morgan fingerprint density at radius 2 is 1.78 bits per heavy atom. The third-order valence-corrected chi connectivity index (χ3v) is 2.40. The van der Waals surface area contributed by atoms with E-state index in [0.29, 0.717) is 19.2 Å². The Bertz CT molecular complexity index is 371. The molecule has 0 bridgehead atoms. The molecule has 0 aliphatic rings. The summed E-state index contributed by atoms with van der Waals surface area (Å²) in [4.78, 5) is 0. The average Bonchev–Trinajstić information content (AvgIpc) is 2.34. The molecule has 5 heteroatoms. The standard InChI is InChI=1S/C13H18F3NO/c1-2-5-18-6-3-4-17-9-10-7-12(15)13(16)8-11(10)14/h7-8,17H,2-6,9H2,1H3. The molecule has 1 rings (SSSR count). The van der Waals surface area contributed by atoms with Crippen molar-refractivity contribution >= 4 is 0 Å². The lowest BCUT2D eigenvalue weighted by atomic mass is 10.2. The molecule has 0 heterocycles. The number of rotatable bonds is 8. The number of hydrogen-bond acceptors (Lipinski definition) is 2. The first-order valence-corrected chi connectivity index (χ1v) is 6.07. The Labute approximate surface area is 105 Å². The second kappa shape index (κ2) is 8.11. The van der Waals surface area contributed by atoms with Crippen molar-refractivity contribution in [3.05, 3.63) is 35.1 Å². The molecule has 18 heavy (non-hydrogen) atoms. The molecule has 0 fully saturated rings. The van der Waals surface area contributed by atoms with Crippen LogP contribution in [0.25, 0.3) is 0 Å². The maximum Gasteiger partial charge on any atom is 0.161 e. The summed E-state index contributed by atoms with van der Waals surface area (Å²) in [5.41, 5.74) is 0.128. The highest BCUT2D eigenvalue weighted by molar-refractivity contribution is 5.19. The summed E-state index contributed by atoms with van der Waals surface area (Å²) in [5, 5.41) is 2.96. The quantitative estimate of drug-likeness (QED) is 0.573. The van der Waals surface area contributed by atoms with E-state index >= 15 is 0 Å². The molecule has 0 saturated heterocycles. The topological polar surface area (TPSA) is 21.3 Å². The first-order chi connectivity index (χ1) is 8.65. The zero-order chi connectivity index (χ0) is 13.4. The van der Waals surface area contributed by atoms with E-state index in [9.17, 15) is 13.2 Å². The van der Waals surface area contributed by atoms with Crippen LogP contribution in [0, 0.1) is 17.5 Å². The van der Waals surface area contributed by atoms with Gasteiger partial charge in [-0.1, -0.05) is 6.92 Å². The lowest BCUT2D eigenvalue weighted by Gasteiger charge is -2.07. The lowest BCUT2D eigenvalue weighted by Crippen LogP contribution is -2.17. The third kappa shape index (κ3) is 5.06. The summed E-state index contributed by atoms with van der Waals surface area (Å²) >= 11 is 0. The second-order valence-electron chi connectivity index (χ2n) is 4.00. The fourth-order valence-electron chi connectivity index (χ4n) is 1.47. The van der Waals surface area contributed by atoms with Crippen molar-refractivity contribution in [1.82, 2.24) is 5.32 Å². The Hall–Kier alpha value is -1.07. The van der Waals surface area contributed by atoms with Crippen molar-refractivity contribution < 1.29 is 17.9 Å². The van der Waals surface area contributed by atoms with Crippen molar-refractivity contribution in [2.75, 3.05) is 19.8 Å². The van der Waals surface area contributed by atoms with Crippen molar-refractivity contribution in [3.8, 4) is 0 Å². The van der Waals surface area contributed by atoms with Crippen LogP contribution < -0.4 is 5.32 Å². The minimum Gasteiger partial charge on any atom is -0.381 e. The van der Waals surface area contributed by atoms with E-state index in [1.54, 1.807) is 0 Å². The third-order valence-electron chi connectivity index (χ3n) is 2.40. The number of hydrogen-bond donors (Lipinski definition) is 1. The Morgan fingerprint density at radius 3 is 2.50 bits per heavy atom. The molecular formula is C13H18F3NO. The highest BCUT2D eigenvalue weighted by Crippen LogP contribution is 2.13. The number of benzene rings is 1. The van der Waals surface area contributed by atoms with E-state index < -0.39 is 17.5 Å². The molecule has 0 unspecified atom stereocenters. The van der Waals surface area contributed by atoms with Gasteiger partial charge >= 0.3 is 0 Å². The largest absolute Gasteiger partial charge is 0.381 e. The summed E-state index contributed by atoms with van der Waals surface area (Å²) in [6.45, 7) is 4.22. The highest BCUT2D eigenvalue weighted by atomic mass is 19.2. The van der Waals surface area contributed by atoms with Crippen LogP contribution in [-0.4, -0.2) is 19.8 Å². The molecule has 0 saturated carbocycles. The zero-order valence-electron chi connectivity index (χ0n) is 10.4. The lowest BCUT2D eigenvalue weighted by molar-refractivity contribution is 0.132. The van der Waals surface area contributed by atoms with Gasteiger partial charge in [-0.15, -0.1) is 0 Å². The molecule has 2 nitrogen and oxygen atoms in total. The molecule has 102 valence electrons. The fourth-order valence-corrected chi connectivity index (χ4v) is 1.47. The first kappa shape index (κ1) is 15.0. The van der Waals surface area contributed by atoms with Crippen LogP contribution in [0.5, 0.6) is 0 Å². The van der Waals surface area contributed by atoms with Gasteiger partial charge < -0.3 is 10.1 Å². The maximum absolute atomic E-state index is 13.2. The van der Waals surface area contributed by atoms with Gasteiger partial charge in [0.2, 0.25) is 0 Å². The number of nitrogens with one attached hydrogen (secondary N) is 1. The van der Waals surface area contributed by atoms with Gasteiger partial charge in [-0.05, 0) is 25.5 Å². The van der Waals surface area contributed by atoms with E-state index in [1.807, 2.05) is 6.92 Å². The molecule has 1 N–H and O–H groups in total. The average molecular weight is 261 g/mol. The monoisotopic (exact) mass is 261 g/mol. The van der Waals surface area contributed by atoms with Crippen LogP contribution in [0.2, 0.25) is 0 Å². The molecule has 1 aromatic rings. The van der Waals surface area contributed by atoms with Gasteiger partial charge in [0.15, 0.2) is 11.6 Å². The van der Waals surface area contributed by atoms with Crippen LogP contribution in [0.4, 0.5) is 13.2 Å². The minimum atomic E-state index is -1.16. The molecule has 0 aromatic heterocycles. The molecule has 0 atom stereocenters. The predicted molar refractivity (Wildman–Crippen MR) is 63.7 cm³/mol. The number of ether oxygens (including phenoxy) is 1. The molecule has 0 aliphatic heterocycles. The fraction of sp³-hybridized carbons (Fsp3) is 0.538. The van der Waals surface area contributed by atoms with E-state index in [4.69, 9.17) is 4.74 Å². The molecule has 0 spiro atoms. The molecule has 0 radical (unpaired) electrons. The minimum absolute atomic E-state index is 0.128. The van der Waals surface area contributed by atoms with Crippen molar-refractivity contribution in [3.63, 3.8) is 0 Å². The highest BCUT2D eigenvalue weighted by Gasteiger charge is 2.08. The normalized spacial score (nSPS) is 10.9. The van der Waals surface area contributed by atoms with Crippen LogP contribution in [0.1, 0.15) is 25.3 Å². The summed E-state index contributed by atoms with van der Waals surface area (Å²) in [6.07, 6.45) is 1.78. The van der Waals surface area contributed by atoms with E-state index in [-0.39, 0.29) is 12.1 Å². The van der Waals surface area contributed by atoms with Crippen LogP contribution >= 0.6 is 0 Å². The Morgan fingerprint density at radius 1 is 1.06 bits per heavy atom. The SMILES string of the molecule is CCCOCCCNCc1cc(F)c(F)cc1F. The van der Waals surface area contributed by atoms with Crippen LogP contribution in [0.3, 0.4) is 0 Å².